The Hall–Kier alpha value is -1.24. The Morgan fingerprint density at radius 1 is 1.53 bits per heavy atom. The maximum atomic E-state index is 5.66. The second-order valence-corrected chi connectivity index (χ2v) is 3.89. The van der Waals surface area contributed by atoms with Gasteiger partial charge >= 0.3 is 0 Å². The number of nitrogens with one attached hydrogen (secondary N) is 1. The molecule has 1 rings (SSSR count). The fourth-order valence-corrected chi connectivity index (χ4v) is 1.54. The molecule has 19 heavy (non-hydrogen) atoms. The lowest BCUT2D eigenvalue weighted by molar-refractivity contribution is 0.414. The van der Waals surface area contributed by atoms with Gasteiger partial charge in [-0.05, 0) is 30.5 Å². The number of methoxy groups -OCH3 is 1. The van der Waals surface area contributed by atoms with Crippen molar-refractivity contribution in [1.29, 1.82) is 0 Å². The quantitative estimate of drug-likeness (QED) is 0.253. The fourth-order valence-electron chi connectivity index (χ4n) is 1.54. The summed E-state index contributed by atoms with van der Waals surface area (Å²) in [6, 6.07) is 8.07. The molecule has 0 aliphatic heterocycles. The van der Waals surface area contributed by atoms with E-state index in [1.54, 1.807) is 13.2 Å². The molecule has 4 nitrogen and oxygen atoms in total. The number of aliphatic imine (C=N–C) groups is 1. The third kappa shape index (κ3) is 7.71. The Balaban J connectivity index is 0.00000324. The summed E-state index contributed by atoms with van der Waals surface area (Å²) >= 11 is 0. The molecule has 0 spiro atoms. The number of benzene rings is 1. The normalized spacial score (nSPS) is 10.5. The number of hydrogen-bond acceptors (Lipinski definition) is 2. The van der Waals surface area contributed by atoms with E-state index in [0.29, 0.717) is 19.0 Å². The van der Waals surface area contributed by atoms with Gasteiger partial charge in [-0.2, -0.15) is 0 Å². The van der Waals surface area contributed by atoms with E-state index in [4.69, 9.17) is 10.5 Å². The SMILES string of the molecule is C=CCNC(N)=NCCCc1cccc(OC)c1.I. The zero-order valence-electron chi connectivity index (χ0n) is 11.3. The molecule has 0 aromatic heterocycles. The summed E-state index contributed by atoms with van der Waals surface area (Å²) in [4.78, 5) is 4.22. The van der Waals surface area contributed by atoms with E-state index in [1.807, 2.05) is 18.2 Å². The number of nitrogens with two attached hydrogens (primary N) is 1. The van der Waals surface area contributed by atoms with Crippen LogP contribution in [0.2, 0.25) is 0 Å². The van der Waals surface area contributed by atoms with Crippen molar-refractivity contribution in [2.45, 2.75) is 12.8 Å². The van der Waals surface area contributed by atoms with Crippen LogP contribution >= 0.6 is 24.0 Å². The molecule has 0 radical (unpaired) electrons. The zero-order chi connectivity index (χ0) is 13.2. The van der Waals surface area contributed by atoms with E-state index < -0.39 is 0 Å². The van der Waals surface area contributed by atoms with Gasteiger partial charge in [0.1, 0.15) is 5.75 Å². The minimum atomic E-state index is 0. The molecule has 0 unspecified atom stereocenters. The number of ether oxygens (including phenoxy) is 1. The van der Waals surface area contributed by atoms with Gasteiger partial charge in [-0.1, -0.05) is 18.2 Å². The summed E-state index contributed by atoms with van der Waals surface area (Å²) in [5, 5.41) is 2.94. The maximum Gasteiger partial charge on any atom is 0.188 e. The van der Waals surface area contributed by atoms with Crippen LogP contribution in [0, 0.1) is 0 Å². The maximum absolute atomic E-state index is 5.66. The Morgan fingerprint density at radius 3 is 3.00 bits per heavy atom. The third-order valence-electron chi connectivity index (χ3n) is 2.47. The molecule has 3 N–H and O–H groups in total. The Morgan fingerprint density at radius 2 is 2.32 bits per heavy atom. The molecule has 1 aromatic rings. The Labute approximate surface area is 132 Å². The summed E-state index contributed by atoms with van der Waals surface area (Å²) in [5.74, 6) is 1.36. The summed E-state index contributed by atoms with van der Waals surface area (Å²) in [7, 11) is 1.68. The van der Waals surface area contributed by atoms with Crippen LogP contribution in [0.15, 0.2) is 41.9 Å². The molecule has 0 amide bonds. The van der Waals surface area contributed by atoms with Crippen LogP contribution < -0.4 is 15.8 Å². The lowest BCUT2D eigenvalue weighted by atomic mass is 10.1. The first kappa shape index (κ1) is 17.8. The Bertz CT molecular complexity index is 407. The average Bonchev–Trinajstić information content (AvgIpc) is 2.41. The van der Waals surface area contributed by atoms with E-state index in [-0.39, 0.29) is 24.0 Å². The molecule has 0 saturated carbocycles. The van der Waals surface area contributed by atoms with Crippen molar-refractivity contribution in [3.63, 3.8) is 0 Å². The number of halogens is 1. The fraction of sp³-hybridized carbons (Fsp3) is 0.357. The van der Waals surface area contributed by atoms with Crippen molar-refractivity contribution in [1.82, 2.24) is 5.32 Å². The van der Waals surface area contributed by atoms with E-state index >= 15 is 0 Å². The predicted molar refractivity (Wildman–Crippen MR) is 91.4 cm³/mol. The van der Waals surface area contributed by atoms with Crippen LogP contribution in [-0.4, -0.2) is 26.2 Å². The third-order valence-corrected chi connectivity index (χ3v) is 2.47. The first-order valence-corrected chi connectivity index (χ1v) is 6.04. The topological polar surface area (TPSA) is 59.6 Å². The van der Waals surface area contributed by atoms with E-state index in [2.05, 4.69) is 23.0 Å². The van der Waals surface area contributed by atoms with Crippen LogP contribution in [0.5, 0.6) is 5.75 Å². The molecule has 0 atom stereocenters. The summed E-state index contributed by atoms with van der Waals surface area (Å²) in [5.41, 5.74) is 6.91. The molecule has 0 fully saturated rings. The number of aryl methyl sites for hydroxylation is 1. The van der Waals surface area contributed by atoms with Crippen LogP contribution in [0.25, 0.3) is 0 Å². The largest absolute Gasteiger partial charge is 0.497 e. The van der Waals surface area contributed by atoms with Crippen molar-refractivity contribution < 1.29 is 4.74 Å². The van der Waals surface area contributed by atoms with Crippen molar-refractivity contribution in [2.24, 2.45) is 10.7 Å². The van der Waals surface area contributed by atoms with E-state index in [9.17, 15) is 0 Å². The summed E-state index contributed by atoms with van der Waals surface area (Å²) < 4.78 is 5.18. The molecular formula is C14H22IN3O. The summed E-state index contributed by atoms with van der Waals surface area (Å²) in [6.07, 6.45) is 3.68. The first-order chi connectivity index (χ1) is 8.76. The molecule has 0 saturated heterocycles. The highest BCUT2D eigenvalue weighted by Gasteiger charge is 1.96. The van der Waals surface area contributed by atoms with Gasteiger partial charge in [0.25, 0.3) is 0 Å². The highest BCUT2D eigenvalue weighted by atomic mass is 127. The Kier molecular flexibility index (Phi) is 9.97. The van der Waals surface area contributed by atoms with Crippen molar-refractivity contribution in [3.05, 3.63) is 42.5 Å². The molecule has 5 heteroatoms. The van der Waals surface area contributed by atoms with Crippen LogP contribution in [0.4, 0.5) is 0 Å². The lowest BCUT2D eigenvalue weighted by Crippen LogP contribution is -2.31. The van der Waals surface area contributed by atoms with Gasteiger partial charge in [0, 0.05) is 13.1 Å². The number of rotatable bonds is 7. The molecule has 0 bridgehead atoms. The first-order valence-electron chi connectivity index (χ1n) is 6.04. The van der Waals surface area contributed by atoms with Crippen LogP contribution in [-0.2, 0) is 6.42 Å². The molecule has 1 aromatic carbocycles. The smallest absolute Gasteiger partial charge is 0.188 e. The van der Waals surface area contributed by atoms with Gasteiger partial charge < -0.3 is 15.8 Å². The monoisotopic (exact) mass is 375 g/mol. The standard InChI is InChI=1S/C14H21N3O.HI/c1-3-9-16-14(15)17-10-5-7-12-6-4-8-13(11-12)18-2;/h3-4,6,8,11H,1,5,7,9-10H2,2H3,(H3,15,16,17);1H. The minimum absolute atomic E-state index is 0. The highest BCUT2D eigenvalue weighted by Crippen LogP contribution is 2.13. The van der Waals surface area contributed by atoms with Crippen molar-refractivity contribution in [2.75, 3.05) is 20.2 Å². The molecule has 106 valence electrons. The highest BCUT2D eigenvalue weighted by molar-refractivity contribution is 14.0. The second-order valence-electron chi connectivity index (χ2n) is 3.89. The van der Waals surface area contributed by atoms with Gasteiger partial charge in [0.15, 0.2) is 5.96 Å². The van der Waals surface area contributed by atoms with Crippen molar-refractivity contribution >= 4 is 29.9 Å². The molecule has 0 heterocycles. The second kappa shape index (κ2) is 10.7. The van der Waals surface area contributed by atoms with Gasteiger partial charge in [-0.3, -0.25) is 4.99 Å². The zero-order valence-corrected chi connectivity index (χ0v) is 13.6. The summed E-state index contributed by atoms with van der Waals surface area (Å²) in [6.45, 7) is 4.96. The predicted octanol–water partition coefficient (Wildman–Crippen LogP) is 2.34. The minimum Gasteiger partial charge on any atom is -0.497 e. The van der Waals surface area contributed by atoms with Gasteiger partial charge in [0.2, 0.25) is 0 Å². The van der Waals surface area contributed by atoms with Gasteiger partial charge in [-0.25, -0.2) is 0 Å². The molecule has 0 aliphatic rings. The van der Waals surface area contributed by atoms with Crippen LogP contribution in [0.1, 0.15) is 12.0 Å². The average molecular weight is 375 g/mol. The van der Waals surface area contributed by atoms with Crippen molar-refractivity contribution in [3.8, 4) is 5.75 Å². The number of guanidine groups is 1. The van der Waals surface area contributed by atoms with Crippen LogP contribution in [0.3, 0.4) is 0 Å². The number of hydrogen-bond donors (Lipinski definition) is 2. The molecular weight excluding hydrogens is 353 g/mol. The van der Waals surface area contributed by atoms with Gasteiger partial charge in [-0.15, -0.1) is 30.6 Å². The lowest BCUT2D eigenvalue weighted by Gasteiger charge is -2.04. The van der Waals surface area contributed by atoms with E-state index in [0.717, 1.165) is 18.6 Å². The number of nitrogens with zero attached hydrogens (tertiary/aromatic N) is 1. The van der Waals surface area contributed by atoms with E-state index in [1.165, 1.54) is 5.56 Å². The molecule has 0 aliphatic carbocycles. The van der Waals surface area contributed by atoms with Gasteiger partial charge in [0.05, 0.1) is 7.11 Å².